The highest BCUT2D eigenvalue weighted by Gasteiger charge is 2.51. The van der Waals surface area contributed by atoms with Crippen LogP contribution in [-0.2, 0) is 20.8 Å². The van der Waals surface area contributed by atoms with Gasteiger partial charge in [0.2, 0.25) is 0 Å². The van der Waals surface area contributed by atoms with Crippen LogP contribution in [0.5, 0.6) is 0 Å². The lowest BCUT2D eigenvalue weighted by Crippen LogP contribution is -2.39. The predicted molar refractivity (Wildman–Crippen MR) is 104 cm³/mol. The molecule has 2 saturated heterocycles. The van der Waals surface area contributed by atoms with E-state index in [1.54, 1.807) is 0 Å². The molecule has 0 aliphatic carbocycles. The summed E-state index contributed by atoms with van der Waals surface area (Å²) in [5.41, 5.74) is -1.04. The van der Waals surface area contributed by atoms with Crippen molar-refractivity contribution in [1.29, 1.82) is 0 Å². The van der Waals surface area contributed by atoms with Crippen LogP contribution in [0.2, 0.25) is 0 Å². The van der Waals surface area contributed by atoms with Crippen molar-refractivity contribution in [3.8, 4) is 0 Å². The van der Waals surface area contributed by atoms with E-state index in [1.165, 1.54) is 23.1 Å². The monoisotopic (exact) mass is 434 g/mol. The van der Waals surface area contributed by atoms with E-state index in [-0.39, 0.29) is 34.2 Å². The summed E-state index contributed by atoms with van der Waals surface area (Å²) in [7, 11) is -3.36. The molecule has 28 heavy (non-hydrogen) atoms. The zero-order chi connectivity index (χ0) is 20.7. The van der Waals surface area contributed by atoms with Crippen molar-refractivity contribution in [3.63, 3.8) is 0 Å². The Hall–Kier alpha value is -1.55. The first kappa shape index (κ1) is 21.2. The van der Waals surface area contributed by atoms with Gasteiger partial charge in [0.15, 0.2) is 15.0 Å². The first-order valence-electron chi connectivity index (χ1n) is 9.02. The fraction of sp³-hybridized carbons (Fsp3) is 0.556. The number of carbonyl (C=O) groups excluding carboxylic acids is 1. The average Bonchev–Trinajstić information content (AvgIpc) is 3.06. The maximum atomic E-state index is 13.6. The van der Waals surface area contributed by atoms with Crippen LogP contribution in [0.3, 0.4) is 0 Å². The van der Waals surface area contributed by atoms with Crippen molar-refractivity contribution in [2.45, 2.75) is 44.2 Å². The number of anilines is 1. The number of amidine groups is 1. The molecule has 2 heterocycles. The number of hydrogen-bond acceptors (Lipinski definition) is 4. The van der Waals surface area contributed by atoms with E-state index in [4.69, 9.17) is 0 Å². The van der Waals surface area contributed by atoms with Gasteiger partial charge in [-0.25, -0.2) is 8.42 Å². The molecule has 10 heteroatoms. The van der Waals surface area contributed by atoms with E-state index in [1.807, 2.05) is 13.8 Å². The topological polar surface area (TPSA) is 66.8 Å². The van der Waals surface area contributed by atoms with Crippen LogP contribution in [0.4, 0.5) is 18.9 Å². The lowest BCUT2D eigenvalue weighted by atomic mass is 10.0. The summed E-state index contributed by atoms with van der Waals surface area (Å²) >= 11 is 1.08. The minimum atomic E-state index is -4.61. The molecule has 0 radical (unpaired) electrons. The van der Waals surface area contributed by atoms with Crippen LogP contribution in [0.15, 0.2) is 29.3 Å². The van der Waals surface area contributed by atoms with Crippen LogP contribution in [-0.4, -0.2) is 42.3 Å². The van der Waals surface area contributed by atoms with Gasteiger partial charge in [-0.05, 0) is 25.0 Å². The van der Waals surface area contributed by atoms with Gasteiger partial charge >= 0.3 is 6.18 Å². The van der Waals surface area contributed by atoms with Gasteiger partial charge in [0, 0.05) is 11.2 Å². The van der Waals surface area contributed by atoms with Gasteiger partial charge in [-0.1, -0.05) is 37.7 Å². The molecule has 0 spiro atoms. The molecule has 1 aromatic rings. The van der Waals surface area contributed by atoms with Crippen molar-refractivity contribution in [2.75, 3.05) is 16.4 Å². The zero-order valence-electron chi connectivity index (χ0n) is 15.4. The molecule has 2 fully saturated rings. The van der Waals surface area contributed by atoms with Crippen LogP contribution in [0.25, 0.3) is 0 Å². The Balaban J connectivity index is 2.09. The minimum absolute atomic E-state index is 0.134. The Morgan fingerprint density at radius 2 is 1.89 bits per heavy atom. The van der Waals surface area contributed by atoms with Crippen molar-refractivity contribution in [1.82, 2.24) is 0 Å². The fourth-order valence-corrected chi connectivity index (χ4v) is 7.51. The molecular formula is C18H21F3N2O3S2. The van der Waals surface area contributed by atoms with E-state index in [0.29, 0.717) is 12.8 Å². The molecule has 3 rings (SSSR count). The summed E-state index contributed by atoms with van der Waals surface area (Å²) in [6, 6.07) is 4.33. The molecule has 1 aromatic carbocycles. The van der Waals surface area contributed by atoms with Crippen molar-refractivity contribution >= 4 is 38.4 Å². The van der Waals surface area contributed by atoms with E-state index >= 15 is 0 Å². The quantitative estimate of drug-likeness (QED) is 0.722. The lowest BCUT2D eigenvalue weighted by Gasteiger charge is -2.27. The lowest BCUT2D eigenvalue weighted by molar-refractivity contribution is -0.137. The molecule has 0 N–H and O–H groups in total. The number of hydrogen-bond donors (Lipinski definition) is 0. The molecule has 0 bridgehead atoms. The number of nitrogens with zero attached hydrogens (tertiary/aromatic N) is 2. The Labute approximate surface area is 166 Å². The summed E-state index contributed by atoms with van der Waals surface area (Å²) in [5.74, 6) is -1.08. The second kappa shape index (κ2) is 7.70. The van der Waals surface area contributed by atoms with Crippen molar-refractivity contribution < 1.29 is 26.4 Å². The standard InChI is InChI=1S/C18H21F3N2O3S2/c1-3-11(4-2)16(24)22-17-23(14-9-28(25,26)10-15(14)27-17)13-8-6-5-7-12(13)18(19,20)21/h5-8,11,14-15H,3-4,9-10H2,1-2H3/t14-,15-/m0/s1. The molecular weight excluding hydrogens is 413 g/mol. The second-order valence-corrected chi connectivity index (χ2v) is 10.3. The molecule has 154 valence electrons. The van der Waals surface area contributed by atoms with Gasteiger partial charge in [0.05, 0.1) is 28.8 Å². The van der Waals surface area contributed by atoms with Crippen molar-refractivity contribution in [2.24, 2.45) is 10.9 Å². The first-order valence-corrected chi connectivity index (χ1v) is 11.7. The fourth-order valence-electron chi connectivity index (χ4n) is 3.59. The molecule has 1 amide bonds. The van der Waals surface area contributed by atoms with E-state index in [2.05, 4.69) is 4.99 Å². The van der Waals surface area contributed by atoms with Gasteiger partial charge in [0.1, 0.15) is 0 Å². The highest BCUT2D eigenvalue weighted by molar-refractivity contribution is 8.16. The average molecular weight is 435 g/mol. The largest absolute Gasteiger partial charge is 0.418 e. The number of carbonyl (C=O) groups is 1. The normalized spacial score (nSPS) is 25.5. The number of sulfone groups is 1. The number of fused-ring (bicyclic) bond motifs is 1. The van der Waals surface area contributed by atoms with Crippen molar-refractivity contribution in [3.05, 3.63) is 29.8 Å². The Kier molecular flexibility index (Phi) is 5.82. The van der Waals surface area contributed by atoms with Gasteiger partial charge in [0.25, 0.3) is 5.91 Å². The molecule has 2 aliphatic heterocycles. The number of halogens is 3. The Bertz CT molecular complexity index is 896. The maximum Gasteiger partial charge on any atom is 0.418 e. The van der Waals surface area contributed by atoms with Gasteiger partial charge in [-0.3, -0.25) is 4.79 Å². The van der Waals surface area contributed by atoms with Gasteiger partial charge in [-0.2, -0.15) is 18.2 Å². The number of thioether (sulfide) groups is 1. The third kappa shape index (κ3) is 4.07. The Morgan fingerprint density at radius 3 is 2.50 bits per heavy atom. The predicted octanol–water partition coefficient (Wildman–Crippen LogP) is 3.74. The van der Waals surface area contributed by atoms with Gasteiger partial charge < -0.3 is 4.90 Å². The minimum Gasteiger partial charge on any atom is -0.315 e. The number of benzene rings is 1. The highest BCUT2D eigenvalue weighted by atomic mass is 32.2. The molecule has 2 aliphatic rings. The second-order valence-electron chi connectivity index (χ2n) is 6.93. The summed E-state index contributed by atoms with van der Waals surface area (Å²) < 4.78 is 64.8. The first-order chi connectivity index (χ1) is 13.1. The maximum absolute atomic E-state index is 13.6. The van der Waals surface area contributed by atoms with Crippen LogP contribution >= 0.6 is 11.8 Å². The number of rotatable bonds is 4. The molecule has 0 saturated carbocycles. The van der Waals surface area contributed by atoms with E-state index < -0.39 is 32.9 Å². The van der Waals surface area contributed by atoms with Gasteiger partial charge in [-0.15, -0.1) is 0 Å². The van der Waals surface area contributed by atoms with E-state index in [9.17, 15) is 26.4 Å². The van der Waals surface area contributed by atoms with Crippen LogP contribution in [0, 0.1) is 5.92 Å². The third-order valence-electron chi connectivity index (χ3n) is 5.08. The molecule has 0 unspecified atom stereocenters. The highest BCUT2D eigenvalue weighted by Crippen LogP contribution is 2.45. The van der Waals surface area contributed by atoms with Crippen LogP contribution < -0.4 is 4.90 Å². The molecule has 2 atom stereocenters. The Morgan fingerprint density at radius 1 is 1.25 bits per heavy atom. The summed E-state index contributed by atoms with van der Waals surface area (Å²) in [6.07, 6.45) is -3.45. The smallest absolute Gasteiger partial charge is 0.315 e. The summed E-state index contributed by atoms with van der Waals surface area (Å²) in [5, 5.41) is -0.293. The summed E-state index contributed by atoms with van der Waals surface area (Å²) in [4.78, 5) is 17.9. The number of alkyl halides is 3. The third-order valence-corrected chi connectivity index (χ3v) is 8.29. The number of para-hydroxylation sites is 1. The SMILES string of the molecule is CCC(CC)C(=O)N=C1S[C@H]2CS(=O)(=O)C[C@@H]2N1c1ccccc1C(F)(F)F. The zero-order valence-corrected chi connectivity index (χ0v) is 17.1. The molecule has 0 aromatic heterocycles. The number of aliphatic imine (C=N–C) groups is 1. The summed E-state index contributed by atoms with van der Waals surface area (Å²) in [6.45, 7) is 3.71. The number of amides is 1. The van der Waals surface area contributed by atoms with E-state index in [0.717, 1.165) is 17.8 Å². The molecule has 5 nitrogen and oxygen atoms in total. The van der Waals surface area contributed by atoms with Crippen LogP contribution in [0.1, 0.15) is 32.3 Å².